The van der Waals surface area contributed by atoms with Crippen LogP contribution in [0.1, 0.15) is 43.2 Å². The van der Waals surface area contributed by atoms with E-state index in [0.717, 1.165) is 35.3 Å². The highest BCUT2D eigenvalue weighted by Crippen LogP contribution is 2.38. The second-order valence-electron chi connectivity index (χ2n) is 9.20. The molecule has 0 bridgehead atoms. The Kier molecular flexibility index (Phi) is 7.25. The topological polar surface area (TPSA) is 79.4 Å². The SMILES string of the molecule is COC(=O)COC1(N2CCN(c3ccc4c(c3)CCN(C(=O)C(F)(F)F)CC4)C2=O)CCCCC1. The minimum Gasteiger partial charge on any atom is -0.467 e. The minimum atomic E-state index is -4.89. The van der Waals surface area contributed by atoms with E-state index in [1.165, 1.54) is 7.11 Å². The summed E-state index contributed by atoms with van der Waals surface area (Å²) in [4.78, 5) is 41.1. The van der Waals surface area contributed by atoms with Crippen molar-refractivity contribution in [1.29, 1.82) is 0 Å². The van der Waals surface area contributed by atoms with E-state index in [2.05, 4.69) is 0 Å². The van der Waals surface area contributed by atoms with Crippen LogP contribution < -0.4 is 4.90 Å². The molecule has 1 saturated heterocycles. The van der Waals surface area contributed by atoms with E-state index in [-0.39, 0.29) is 32.1 Å². The maximum atomic E-state index is 13.5. The van der Waals surface area contributed by atoms with Crippen molar-refractivity contribution in [2.45, 2.75) is 56.8 Å². The van der Waals surface area contributed by atoms with Gasteiger partial charge in [0.2, 0.25) is 0 Å². The average Bonchev–Trinajstić information content (AvgIpc) is 3.11. The van der Waals surface area contributed by atoms with Gasteiger partial charge in [-0.3, -0.25) is 14.6 Å². The summed E-state index contributed by atoms with van der Waals surface area (Å²) in [6, 6.07) is 5.23. The summed E-state index contributed by atoms with van der Waals surface area (Å²) in [7, 11) is 1.29. The first kappa shape index (κ1) is 25.3. The number of esters is 1. The number of nitrogens with zero attached hydrogens (tertiary/aromatic N) is 3. The largest absolute Gasteiger partial charge is 0.471 e. The molecule has 192 valence electrons. The number of urea groups is 1. The lowest BCUT2D eigenvalue weighted by atomic mass is 9.90. The van der Waals surface area contributed by atoms with Gasteiger partial charge in [-0.15, -0.1) is 0 Å². The molecule has 1 aromatic rings. The normalized spacial score (nSPS) is 20.5. The zero-order chi connectivity index (χ0) is 25.2. The van der Waals surface area contributed by atoms with Gasteiger partial charge in [-0.25, -0.2) is 9.59 Å². The molecule has 2 heterocycles. The summed E-state index contributed by atoms with van der Waals surface area (Å²) in [5.41, 5.74) is 1.51. The minimum absolute atomic E-state index is 0.00116. The Bertz CT molecular complexity index is 978. The van der Waals surface area contributed by atoms with E-state index in [4.69, 9.17) is 9.47 Å². The van der Waals surface area contributed by atoms with Gasteiger partial charge in [0.15, 0.2) is 0 Å². The highest BCUT2D eigenvalue weighted by molar-refractivity contribution is 5.94. The monoisotopic (exact) mass is 497 g/mol. The number of ether oxygens (including phenoxy) is 2. The van der Waals surface area contributed by atoms with Crippen LogP contribution in [0.4, 0.5) is 23.7 Å². The number of halogens is 3. The van der Waals surface area contributed by atoms with Crippen molar-refractivity contribution in [3.05, 3.63) is 29.3 Å². The van der Waals surface area contributed by atoms with Crippen LogP contribution in [0.15, 0.2) is 18.2 Å². The van der Waals surface area contributed by atoms with Crippen molar-refractivity contribution in [1.82, 2.24) is 9.80 Å². The Morgan fingerprint density at radius 1 is 1.00 bits per heavy atom. The fraction of sp³-hybridized carbons (Fsp3) is 0.625. The quantitative estimate of drug-likeness (QED) is 0.584. The number of fused-ring (bicyclic) bond motifs is 1. The van der Waals surface area contributed by atoms with Crippen molar-refractivity contribution >= 4 is 23.6 Å². The number of alkyl halides is 3. The third-order valence-electron chi connectivity index (χ3n) is 7.16. The van der Waals surface area contributed by atoms with Gasteiger partial charge in [0.25, 0.3) is 0 Å². The van der Waals surface area contributed by atoms with Gasteiger partial charge in [-0.1, -0.05) is 12.5 Å². The number of rotatable bonds is 5. The molecule has 1 aliphatic carbocycles. The van der Waals surface area contributed by atoms with Crippen molar-refractivity contribution in [2.24, 2.45) is 0 Å². The number of carbonyl (C=O) groups excluding carboxylic acids is 3. The Morgan fingerprint density at radius 3 is 2.34 bits per heavy atom. The molecule has 3 aliphatic rings. The number of methoxy groups -OCH3 is 1. The molecule has 3 amide bonds. The second-order valence-corrected chi connectivity index (χ2v) is 9.20. The molecular formula is C24H30F3N3O5. The van der Waals surface area contributed by atoms with E-state index in [1.807, 2.05) is 12.1 Å². The van der Waals surface area contributed by atoms with Crippen LogP contribution in [0.3, 0.4) is 0 Å². The first-order chi connectivity index (χ1) is 16.6. The molecule has 0 aromatic heterocycles. The molecule has 4 rings (SSSR count). The van der Waals surface area contributed by atoms with E-state index >= 15 is 0 Å². The van der Waals surface area contributed by atoms with Gasteiger partial charge in [-0.2, -0.15) is 13.2 Å². The number of amides is 3. The van der Waals surface area contributed by atoms with Gasteiger partial charge in [0.1, 0.15) is 12.3 Å². The van der Waals surface area contributed by atoms with Crippen LogP contribution in [-0.4, -0.2) is 79.5 Å². The second kappa shape index (κ2) is 10.0. The highest BCUT2D eigenvalue weighted by atomic mass is 19.4. The standard InChI is InChI=1S/C24H30F3N3O5/c1-34-20(31)16-35-23(9-3-2-4-10-23)30-14-13-29(22(30)33)19-6-5-17-7-11-28(12-8-18(17)15-19)21(32)24(25,26)27/h5-6,15H,2-4,7-14,16H2,1H3. The van der Waals surface area contributed by atoms with Crippen molar-refractivity contribution < 1.29 is 37.0 Å². The number of carbonyl (C=O) groups is 3. The molecule has 11 heteroatoms. The highest BCUT2D eigenvalue weighted by Gasteiger charge is 2.47. The zero-order valence-corrected chi connectivity index (χ0v) is 19.7. The molecule has 2 aliphatic heterocycles. The Morgan fingerprint density at radius 2 is 1.69 bits per heavy atom. The average molecular weight is 498 g/mol. The smallest absolute Gasteiger partial charge is 0.467 e. The predicted molar refractivity (Wildman–Crippen MR) is 120 cm³/mol. The maximum absolute atomic E-state index is 13.5. The molecule has 1 saturated carbocycles. The molecule has 0 N–H and O–H groups in total. The Hall–Kier alpha value is -2.82. The summed E-state index contributed by atoms with van der Waals surface area (Å²) in [5.74, 6) is -2.32. The Labute approximate surface area is 201 Å². The number of benzene rings is 1. The van der Waals surface area contributed by atoms with E-state index in [0.29, 0.717) is 38.0 Å². The van der Waals surface area contributed by atoms with Crippen LogP contribution in [0.25, 0.3) is 0 Å². The molecule has 2 fully saturated rings. The number of hydrogen-bond acceptors (Lipinski definition) is 5. The Balaban J connectivity index is 1.49. The lowest BCUT2D eigenvalue weighted by Crippen LogP contribution is -2.54. The summed E-state index contributed by atoms with van der Waals surface area (Å²) >= 11 is 0. The number of hydrogen-bond donors (Lipinski definition) is 0. The summed E-state index contributed by atoms with van der Waals surface area (Å²) in [6.07, 6.45) is -0.210. The molecular weight excluding hydrogens is 467 g/mol. The summed E-state index contributed by atoms with van der Waals surface area (Å²) < 4.78 is 49.3. The summed E-state index contributed by atoms with van der Waals surface area (Å²) in [6.45, 7) is 0.609. The first-order valence-corrected chi connectivity index (χ1v) is 11.9. The van der Waals surface area contributed by atoms with E-state index in [1.54, 1.807) is 15.9 Å². The van der Waals surface area contributed by atoms with Gasteiger partial charge < -0.3 is 14.4 Å². The molecule has 8 nitrogen and oxygen atoms in total. The molecule has 0 radical (unpaired) electrons. The van der Waals surface area contributed by atoms with Crippen LogP contribution in [0.5, 0.6) is 0 Å². The molecule has 0 atom stereocenters. The molecule has 35 heavy (non-hydrogen) atoms. The van der Waals surface area contributed by atoms with Crippen LogP contribution in [0.2, 0.25) is 0 Å². The molecule has 1 aromatic carbocycles. The van der Waals surface area contributed by atoms with Crippen LogP contribution in [-0.2, 0) is 31.9 Å². The summed E-state index contributed by atoms with van der Waals surface area (Å²) in [5, 5.41) is 0. The zero-order valence-electron chi connectivity index (χ0n) is 19.7. The third-order valence-corrected chi connectivity index (χ3v) is 7.16. The van der Waals surface area contributed by atoms with Gasteiger partial charge in [0, 0.05) is 31.9 Å². The lowest BCUT2D eigenvalue weighted by Gasteiger charge is -2.43. The fourth-order valence-electron chi connectivity index (χ4n) is 5.27. The fourth-order valence-corrected chi connectivity index (χ4v) is 5.27. The van der Waals surface area contributed by atoms with E-state index in [9.17, 15) is 27.6 Å². The van der Waals surface area contributed by atoms with Gasteiger partial charge in [0.05, 0.1) is 7.11 Å². The molecule has 0 unspecified atom stereocenters. The van der Waals surface area contributed by atoms with Crippen LogP contribution >= 0.6 is 0 Å². The number of anilines is 1. The van der Waals surface area contributed by atoms with Gasteiger partial charge >= 0.3 is 24.1 Å². The van der Waals surface area contributed by atoms with E-state index < -0.39 is 23.8 Å². The van der Waals surface area contributed by atoms with Crippen molar-refractivity contribution in [3.8, 4) is 0 Å². The predicted octanol–water partition coefficient (Wildman–Crippen LogP) is 3.27. The lowest BCUT2D eigenvalue weighted by molar-refractivity contribution is -0.185. The molecule has 0 spiro atoms. The third kappa shape index (κ3) is 5.24. The van der Waals surface area contributed by atoms with Gasteiger partial charge in [-0.05, 0) is 61.8 Å². The van der Waals surface area contributed by atoms with Crippen LogP contribution in [0, 0.1) is 0 Å². The first-order valence-electron chi connectivity index (χ1n) is 11.9. The maximum Gasteiger partial charge on any atom is 0.471 e. The van der Waals surface area contributed by atoms with Crippen molar-refractivity contribution in [3.63, 3.8) is 0 Å². The van der Waals surface area contributed by atoms with Crippen molar-refractivity contribution in [2.75, 3.05) is 44.8 Å².